The normalized spacial score (nSPS) is 10.0. The molecule has 0 aliphatic carbocycles. The summed E-state index contributed by atoms with van der Waals surface area (Å²) in [4.78, 5) is 10.7. The highest BCUT2D eigenvalue weighted by Gasteiger charge is 2.06. The Bertz CT molecular complexity index is 576. The molecule has 19 heavy (non-hydrogen) atoms. The molecule has 3 heteroatoms. The molecule has 0 N–H and O–H groups in total. The molecule has 98 valence electrons. The molecule has 0 aliphatic heterocycles. The second-order valence-electron chi connectivity index (χ2n) is 4.13. The highest BCUT2D eigenvalue weighted by atomic mass is 16.5. The number of benzene rings is 2. The number of carbonyl (C=O) groups is 1. The largest absolute Gasteiger partial charge is 0.493 e. The van der Waals surface area contributed by atoms with Crippen molar-refractivity contribution in [2.24, 2.45) is 0 Å². The van der Waals surface area contributed by atoms with Gasteiger partial charge >= 0.3 is 0 Å². The van der Waals surface area contributed by atoms with E-state index in [1.54, 1.807) is 31.4 Å². The second-order valence-corrected chi connectivity index (χ2v) is 4.13. The van der Waals surface area contributed by atoms with Gasteiger partial charge in [0.1, 0.15) is 12.0 Å². The third kappa shape index (κ3) is 3.13. The number of methoxy groups -OCH3 is 1. The lowest BCUT2D eigenvalue weighted by molar-refractivity contribution is 0.112. The Morgan fingerprint density at radius 3 is 2.63 bits per heavy atom. The van der Waals surface area contributed by atoms with Crippen LogP contribution in [0, 0.1) is 0 Å². The lowest BCUT2D eigenvalue weighted by Gasteiger charge is -2.11. The van der Waals surface area contributed by atoms with Crippen LogP contribution in [0.4, 0.5) is 0 Å². The van der Waals surface area contributed by atoms with Crippen molar-refractivity contribution in [3.05, 3.63) is 53.6 Å². The van der Waals surface area contributed by atoms with Gasteiger partial charge in [-0.2, -0.15) is 0 Å². The summed E-state index contributed by atoms with van der Waals surface area (Å²) in [5.41, 5.74) is 1.77. The maximum Gasteiger partial charge on any atom is 0.169 e. The summed E-state index contributed by atoms with van der Waals surface area (Å²) < 4.78 is 11.1. The molecule has 0 saturated heterocycles. The van der Waals surface area contributed by atoms with Crippen molar-refractivity contribution in [3.8, 4) is 17.2 Å². The Hall–Kier alpha value is -2.29. The molecule has 3 nitrogen and oxygen atoms in total. The summed E-state index contributed by atoms with van der Waals surface area (Å²) in [6.07, 6.45) is 1.74. The van der Waals surface area contributed by atoms with E-state index in [1.807, 2.05) is 18.2 Å². The van der Waals surface area contributed by atoms with Gasteiger partial charge in [-0.25, -0.2) is 0 Å². The quantitative estimate of drug-likeness (QED) is 0.762. The highest BCUT2D eigenvalue weighted by Crippen LogP contribution is 2.32. The smallest absolute Gasteiger partial charge is 0.169 e. The van der Waals surface area contributed by atoms with E-state index >= 15 is 0 Å². The minimum absolute atomic E-state index is 0.585. The van der Waals surface area contributed by atoms with Crippen molar-refractivity contribution >= 4 is 6.29 Å². The van der Waals surface area contributed by atoms with Gasteiger partial charge in [-0.15, -0.1) is 0 Å². The zero-order valence-corrected chi connectivity index (χ0v) is 11.1. The highest BCUT2D eigenvalue weighted by molar-refractivity contribution is 5.75. The first-order valence-electron chi connectivity index (χ1n) is 6.17. The number of ether oxygens (including phenoxy) is 2. The second kappa shape index (κ2) is 6.05. The molecule has 0 radical (unpaired) electrons. The van der Waals surface area contributed by atoms with Gasteiger partial charge in [-0.1, -0.05) is 25.1 Å². The summed E-state index contributed by atoms with van der Waals surface area (Å²) in [6, 6.07) is 12.9. The van der Waals surface area contributed by atoms with Crippen LogP contribution in [-0.4, -0.2) is 13.4 Å². The zero-order chi connectivity index (χ0) is 13.7. The molecule has 0 amide bonds. The van der Waals surface area contributed by atoms with Gasteiger partial charge in [0, 0.05) is 5.56 Å². The van der Waals surface area contributed by atoms with Gasteiger partial charge in [-0.05, 0) is 36.2 Å². The molecule has 0 saturated carbocycles. The molecule has 0 aromatic heterocycles. The Kier molecular flexibility index (Phi) is 4.18. The molecule has 0 fully saturated rings. The number of carbonyl (C=O) groups excluding carboxylic acids is 1. The predicted molar refractivity (Wildman–Crippen MR) is 74.3 cm³/mol. The number of rotatable bonds is 5. The standard InChI is InChI=1S/C16H16O3/c1-3-12-7-8-15(16(10-12)18-2)19-14-6-4-5-13(9-14)11-17/h4-11H,3H2,1-2H3. The minimum atomic E-state index is 0.585. The fourth-order valence-electron chi connectivity index (χ4n) is 1.79. The van der Waals surface area contributed by atoms with E-state index < -0.39 is 0 Å². The molecule has 0 atom stereocenters. The third-order valence-corrected chi connectivity index (χ3v) is 2.86. The van der Waals surface area contributed by atoms with E-state index in [2.05, 4.69) is 6.92 Å². The molecule has 0 heterocycles. The van der Waals surface area contributed by atoms with Crippen LogP contribution in [0.5, 0.6) is 17.2 Å². The summed E-state index contributed by atoms with van der Waals surface area (Å²) in [5.74, 6) is 1.95. The average Bonchev–Trinajstić information content (AvgIpc) is 2.48. The van der Waals surface area contributed by atoms with Crippen molar-refractivity contribution in [1.82, 2.24) is 0 Å². The Morgan fingerprint density at radius 2 is 1.95 bits per heavy atom. The van der Waals surface area contributed by atoms with Gasteiger partial charge in [0.05, 0.1) is 7.11 Å². The molecule has 2 aromatic rings. The van der Waals surface area contributed by atoms with Crippen LogP contribution in [0.15, 0.2) is 42.5 Å². The summed E-state index contributed by atoms with van der Waals surface area (Å²) in [5, 5.41) is 0. The number of aryl methyl sites for hydroxylation is 1. The molecule has 0 bridgehead atoms. The molecule has 0 aliphatic rings. The van der Waals surface area contributed by atoms with Gasteiger partial charge in [-0.3, -0.25) is 4.79 Å². The summed E-state index contributed by atoms with van der Waals surface area (Å²) in [6.45, 7) is 2.09. The lowest BCUT2D eigenvalue weighted by atomic mass is 10.1. The number of aldehydes is 1. The van der Waals surface area contributed by atoms with Gasteiger partial charge in [0.2, 0.25) is 0 Å². The van der Waals surface area contributed by atoms with Crippen LogP contribution in [-0.2, 0) is 6.42 Å². The van der Waals surface area contributed by atoms with E-state index in [-0.39, 0.29) is 0 Å². The Balaban J connectivity index is 2.29. The van der Waals surface area contributed by atoms with E-state index in [4.69, 9.17) is 9.47 Å². The fraction of sp³-hybridized carbons (Fsp3) is 0.188. The summed E-state index contributed by atoms with van der Waals surface area (Å²) >= 11 is 0. The van der Waals surface area contributed by atoms with Gasteiger partial charge in [0.15, 0.2) is 11.5 Å². The van der Waals surface area contributed by atoms with Crippen molar-refractivity contribution in [2.75, 3.05) is 7.11 Å². The number of hydrogen-bond donors (Lipinski definition) is 0. The first kappa shape index (κ1) is 13.1. The topological polar surface area (TPSA) is 35.5 Å². The van der Waals surface area contributed by atoms with Crippen LogP contribution in [0.2, 0.25) is 0 Å². The summed E-state index contributed by atoms with van der Waals surface area (Å²) in [7, 11) is 1.61. The van der Waals surface area contributed by atoms with Crippen molar-refractivity contribution < 1.29 is 14.3 Å². The van der Waals surface area contributed by atoms with E-state index in [0.717, 1.165) is 12.7 Å². The molecule has 2 aromatic carbocycles. The molecule has 2 rings (SSSR count). The average molecular weight is 256 g/mol. The van der Waals surface area contributed by atoms with Gasteiger partial charge < -0.3 is 9.47 Å². The Labute approximate surface area is 112 Å². The maximum absolute atomic E-state index is 10.7. The first-order chi connectivity index (χ1) is 9.26. The molecular weight excluding hydrogens is 240 g/mol. The zero-order valence-electron chi connectivity index (χ0n) is 11.1. The van der Waals surface area contributed by atoms with Crippen molar-refractivity contribution in [2.45, 2.75) is 13.3 Å². The number of hydrogen-bond acceptors (Lipinski definition) is 3. The van der Waals surface area contributed by atoms with Crippen molar-refractivity contribution in [1.29, 1.82) is 0 Å². The van der Waals surface area contributed by atoms with Crippen molar-refractivity contribution in [3.63, 3.8) is 0 Å². The molecule has 0 spiro atoms. The monoisotopic (exact) mass is 256 g/mol. The van der Waals surface area contributed by atoms with Crippen LogP contribution in [0.3, 0.4) is 0 Å². The maximum atomic E-state index is 10.7. The predicted octanol–water partition coefficient (Wildman–Crippen LogP) is 3.86. The van der Waals surface area contributed by atoms with Crippen LogP contribution in [0.1, 0.15) is 22.8 Å². The molecule has 0 unspecified atom stereocenters. The van der Waals surface area contributed by atoms with Crippen LogP contribution >= 0.6 is 0 Å². The van der Waals surface area contributed by atoms with E-state index in [0.29, 0.717) is 22.8 Å². The fourth-order valence-corrected chi connectivity index (χ4v) is 1.79. The van der Waals surface area contributed by atoms with Gasteiger partial charge in [0.25, 0.3) is 0 Å². The van der Waals surface area contributed by atoms with E-state index in [9.17, 15) is 4.79 Å². The Morgan fingerprint density at radius 1 is 1.11 bits per heavy atom. The van der Waals surface area contributed by atoms with Crippen LogP contribution in [0.25, 0.3) is 0 Å². The SMILES string of the molecule is CCc1ccc(Oc2cccc(C=O)c2)c(OC)c1. The van der Waals surface area contributed by atoms with Crippen LogP contribution < -0.4 is 9.47 Å². The van der Waals surface area contributed by atoms with E-state index in [1.165, 1.54) is 5.56 Å². The molecular formula is C16H16O3. The first-order valence-corrected chi connectivity index (χ1v) is 6.17. The lowest BCUT2D eigenvalue weighted by Crippen LogP contribution is -1.92. The minimum Gasteiger partial charge on any atom is -0.493 e. The third-order valence-electron chi connectivity index (χ3n) is 2.86.